The number of aliphatic hydroxyl groups excluding tert-OH is 1. The van der Waals surface area contributed by atoms with Gasteiger partial charge in [-0.25, -0.2) is 17.6 Å². The highest BCUT2D eigenvalue weighted by Gasteiger charge is 2.37. The summed E-state index contributed by atoms with van der Waals surface area (Å²) in [6, 6.07) is 4.24. The first-order valence-electron chi connectivity index (χ1n) is 7.25. The summed E-state index contributed by atoms with van der Waals surface area (Å²) in [5, 5.41) is 9.84. The third-order valence-electron chi connectivity index (χ3n) is 3.97. The van der Waals surface area contributed by atoms with E-state index in [-0.39, 0.29) is 24.1 Å². The molecule has 0 saturated carbocycles. The van der Waals surface area contributed by atoms with Crippen molar-refractivity contribution in [2.24, 2.45) is 0 Å². The molecule has 0 radical (unpaired) electrons. The Morgan fingerprint density at radius 3 is 2.33 bits per heavy atom. The number of carbonyl (C=O) groups is 1. The molecule has 0 spiro atoms. The van der Waals surface area contributed by atoms with E-state index in [1.165, 1.54) is 0 Å². The topological polar surface area (TPSA) is 40.5 Å². The molecule has 2 unspecified atom stereocenters. The number of amides is 1. The van der Waals surface area contributed by atoms with Gasteiger partial charge in [0.25, 0.3) is 5.91 Å². The van der Waals surface area contributed by atoms with Gasteiger partial charge in [-0.05, 0) is 36.8 Å². The summed E-state index contributed by atoms with van der Waals surface area (Å²) in [7, 11) is 0. The first kappa shape index (κ1) is 16.4. The van der Waals surface area contributed by atoms with Crippen LogP contribution in [0, 0.1) is 23.3 Å². The van der Waals surface area contributed by atoms with Crippen LogP contribution in [0.1, 0.15) is 28.4 Å². The minimum Gasteiger partial charge on any atom is -0.391 e. The normalized spacial score (nSPS) is 20.5. The molecule has 2 atom stereocenters. The number of halogens is 4. The second kappa shape index (κ2) is 6.24. The van der Waals surface area contributed by atoms with Gasteiger partial charge in [-0.1, -0.05) is 0 Å². The molecule has 126 valence electrons. The molecular formula is C17H13F4NO2. The maximum absolute atomic E-state index is 14.0. The van der Waals surface area contributed by atoms with Crippen molar-refractivity contribution in [3.05, 3.63) is 70.8 Å². The summed E-state index contributed by atoms with van der Waals surface area (Å²) in [5.74, 6) is -4.02. The van der Waals surface area contributed by atoms with E-state index in [1.54, 1.807) is 0 Å². The molecule has 3 rings (SSSR count). The van der Waals surface area contributed by atoms with Gasteiger partial charge in [0.1, 0.15) is 23.3 Å². The fourth-order valence-electron chi connectivity index (χ4n) is 2.95. The van der Waals surface area contributed by atoms with E-state index in [9.17, 15) is 27.5 Å². The molecule has 3 nitrogen and oxygen atoms in total. The van der Waals surface area contributed by atoms with E-state index >= 15 is 0 Å². The Bertz CT molecular complexity index is 776. The fraction of sp³-hybridized carbons (Fsp3) is 0.235. The molecule has 2 aromatic carbocycles. The van der Waals surface area contributed by atoms with E-state index in [0.717, 1.165) is 35.2 Å². The van der Waals surface area contributed by atoms with Gasteiger partial charge in [-0.2, -0.15) is 0 Å². The number of aliphatic hydroxyl groups is 1. The molecule has 1 saturated heterocycles. The molecule has 1 aliphatic heterocycles. The predicted molar refractivity (Wildman–Crippen MR) is 77.1 cm³/mol. The fourth-order valence-corrected chi connectivity index (χ4v) is 2.95. The van der Waals surface area contributed by atoms with E-state index in [1.807, 2.05) is 0 Å². The Morgan fingerprint density at radius 1 is 1.00 bits per heavy atom. The second-order valence-corrected chi connectivity index (χ2v) is 5.69. The number of nitrogens with zero attached hydrogens (tertiary/aromatic N) is 1. The SMILES string of the molecule is O=C(c1cc(F)cc(F)c1)N1CC(O)CC1c1cc(F)ccc1F. The number of likely N-dealkylation sites (tertiary alicyclic amines) is 1. The first-order chi connectivity index (χ1) is 11.3. The van der Waals surface area contributed by atoms with Crippen molar-refractivity contribution in [3.8, 4) is 0 Å². The van der Waals surface area contributed by atoms with Gasteiger partial charge in [-0.3, -0.25) is 4.79 Å². The highest BCUT2D eigenvalue weighted by molar-refractivity contribution is 5.94. The van der Waals surface area contributed by atoms with Gasteiger partial charge in [0.15, 0.2) is 0 Å². The van der Waals surface area contributed by atoms with Crippen LogP contribution in [0.2, 0.25) is 0 Å². The lowest BCUT2D eigenvalue weighted by Crippen LogP contribution is -2.32. The third kappa shape index (κ3) is 3.12. The van der Waals surface area contributed by atoms with Gasteiger partial charge < -0.3 is 10.0 Å². The maximum Gasteiger partial charge on any atom is 0.254 e. The van der Waals surface area contributed by atoms with Gasteiger partial charge in [0.05, 0.1) is 12.1 Å². The molecule has 0 bridgehead atoms. The summed E-state index contributed by atoms with van der Waals surface area (Å²) in [4.78, 5) is 13.6. The van der Waals surface area contributed by atoms with Crippen LogP contribution >= 0.6 is 0 Å². The molecule has 1 amide bonds. The number of rotatable bonds is 2. The lowest BCUT2D eigenvalue weighted by molar-refractivity contribution is 0.0712. The van der Waals surface area contributed by atoms with Crippen LogP contribution in [0.3, 0.4) is 0 Å². The van der Waals surface area contributed by atoms with Crippen LogP contribution < -0.4 is 0 Å². The molecule has 1 N–H and O–H groups in total. The van der Waals surface area contributed by atoms with Gasteiger partial charge in [-0.15, -0.1) is 0 Å². The van der Waals surface area contributed by atoms with E-state index < -0.39 is 41.3 Å². The van der Waals surface area contributed by atoms with Crippen LogP contribution in [0.4, 0.5) is 17.6 Å². The van der Waals surface area contributed by atoms with Crippen molar-refractivity contribution in [3.63, 3.8) is 0 Å². The number of hydrogen-bond donors (Lipinski definition) is 1. The number of hydrogen-bond acceptors (Lipinski definition) is 2. The van der Waals surface area contributed by atoms with Crippen molar-refractivity contribution < 1.29 is 27.5 Å². The van der Waals surface area contributed by atoms with Crippen LogP contribution in [0.15, 0.2) is 36.4 Å². The van der Waals surface area contributed by atoms with Crippen molar-refractivity contribution >= 4 is 5.91 Å². The largest absolute Gasteiger partial charge is 0.391 e. The smallest absolute Gasteiger partial charge is 0.254 e. The summed E-state index contributed by atoms with van der Waals surface area (Å²) in [6.07, 6.45) is -0.941. The predicted octanol–water partition coefficient (Wildman–Crippen LogP) is 3.19. The quantitative estimate of drug-likeness (QED) is 0.854. The molecule has 0 aliphatic carbocycles. The molecule has 1 heterocycles. The highest BCUT2D eigenvalue weighted by Crippen LogP contribution is 2.35. The summed E-state index contributed by atoms with van der Waals surface area (Å²) >= 11 is 0. The van der Waals surface area contributed by atoms with Gasteiger partial charge in [0, 0.05) is 23.7 Å². The van der Waals surface area contributed by atoms with Crippen LogP contribution in [0.25, 0.3) is 0 Å². The molecule has 2 aromatic rings. The minimum absolute atomic E-state index is 0.00388. The molecule has 24 heavy (non-hydrogen) atoms. The monoisotopic (exact) mass is 339 g/mol. The average molecular weight is 339 g/mol. The average Bonchev–Trinajstić information content (AvgIpc) is 2.89. The highest BCUT2D eigenvalue weighted by atomic mass is 19.1. The second-order valence-electron chi connectivity index (χ2n) is 5.69. The van der Waals surface area contributed by atoms with E-state index in [0.29, 0.717) is 6.07 Å². The molecule has 1 fully saturated rings. The Morgan fingerprint density at radius 2 is 1.67 bits per heavy atom. The van der Waals surface area contributed by atoms with Gasteiger partial charge >= 0.3 is 0 Å². The standard InChI is InChI=1S/C17H13F4NO2/c18-10-1-2-15(21)14(6-10)16-7-13(23)8-22(16)17(24)9-3-11(19)5-12(20)4-9/h1-6,13,16,23H,7-8H2. The zero-order valence-electron chi connectivity index (χ0n) is 12.3. The Labute approximate surface area is 135 Å². The van der Waals surface area contributed by atoms with Crippen LogP contribution in [-0.2, 0) is 0 Å². The lowest BCUT2D eigenvalue weighted by atomic mass is 10.0. The third-order valence-corrected chi connectivity index (χ3v) is 3.97. The molecule has 0 aromatic heterocycles. The van der Waals surface area contributed by atoms with Crippen molar-refractivity contribution in [2.75, 3.05) is 6.54 Å². The number of carbonyl (C=O) groups excluding carboxylic acids is 1. The molecular weight excluding hydrogens is 326 g/mol. The zero-order valence-corrected chi connectivity index (χ0v) is 12.3. The summed E-state index contributed by atoms with van der Waals surface area (Å²) in [6.45, 7) is -0.141. The number of β-amino-alcohol motifs (C(OH)–C–C–N with tert-alkyl or cyclic N) is 1. The van der Waals surface area contributed by atoms with Crippen molar-refractivity contribution in [1.82, 2.24) is 4.90 Å². The lowest BCUT2D eigenvalue weighted by Gasteiger charge is -2.25. The van der Waals surface area contributed by atoms with E-state index in [2.05, 4.69) is 0 Å². The van der Waals surface area contributed by atoms with E-state index in [4.69, 9.17) is 0 Å². The molecule has 1 aliphatic rings. The van der Waals surface area contributed by atoms with Crippen LogP contribution in [-0.4, -0.2) is 28.6 Å². The first-order valence-corrected chi connectivity index (χ1v) is 7.25. The Kier molecular flexibility index (Phi) is 4.28. The Hall–Kier alpha value is -2.41. The molecule has 7 heteroatoms. The minimum atomic E-state index is -0.944. The maximum atomic E-state index is 14.0. The van der Waals surface area contributed by atoms with Crippen molar-refractivity contribution in [1.29, 1.82) is 0 Å². The zero-order chi connectivity index (χ0) is 17.4. The summed E-state index contributed by atoms with van der Waals surface area (Å²) in [5.41, 5.74) is -0.347. The van der Waals surface area contributed by atoms with Gasteiger partial charge in [0.2, 0.25) is 0 Å². The van der Waals surface area contributed by atoms with Crippen LogP contribution in [0.5, 0.6) is 0 Å². The Balaban J connectivity index is 1.98. The number of benzene rings is 2. The summed E-state index contributed by atoms with van der Waals surface area (Å²) < 4.78 is 54.1. The van der Waals surface area contributed by atoms with Crippen molar-refractivity contribution in [2.45, 2.75) is 18.6 Å².